The van der Waals surface area contributed by atoms with Gasteiger partial charge in [0.1, 0.15) is 5.82 Å². The molecular weight excluding hydrogens is 276 g/mol. The van der Waals surface area contributed by atoms with Gasteiger partial charge in [0.15, 0.2) is 5.65 Å². The molecule has 1 aliphatic heterocycles. The summed E-state index contributed by atoms with van der Waals surface area (Å²) in [7, 11) is 2.19. The van der Waals surface area contributed by atoms with E-state index in [0.29, 0.717) is 5.65 Å². The Morgan fingerprint density at radius 1 is 1.40 bits per heavy atom. The molecule has 108 valence electrons. The lowest BCUT2D eigenvalue weighted by Gasteiger charge is -2.28. The zero-order chi connectivity index (χ0) is 13.9. The zero-order valence-electron chi connectivity index (χ0n) is 11.6. The summed E-state index contributed by atoms with van der Waals surface area (Å²) in [6.07, 6.45) is 5.45. The van der Waals surface area contributed by atoms with Crippen LogP contribution in [0.4, 0.5) is 5.82 Å². The molecule has 0 aromatic carbocycles. The van der Waals surface area contributed by atoms with E-state index in [9.17, 15) is 0 Å². The van der Waals surface area contributed by atoms with Gasteiger partial charge in [-0.05, 0) is 56.9 Å². The largest absolute Gasteiger partial charge is 0.369 e. The minimum absolute atomic E-state index is 0.239. The van der Waals surface area contributed by atoms with E-state index in [1.807, 2.05) is 0 Å². The predicted molar refractivity (Wildman–Crippen MR) is 80.0 cm³/mol. The second-order valence-electron chi connectivity index (χ2n) is 5.44. The Balaban J connectivity index is 1.58. The van der Waals surface area contributed by atoms with Crippen molar-refractivity contribution in [3.8, 4) is 0 Å². The summed E-state index contributed by atoms with van der Waals surface area (Å²) in [5, 5.41) is 11.3. The van der Waals surface area contributed by atoms with E-state index in [2.05, 4.69) is 37.4 Å². The summed E-state index contributed by atoms with van der Waals surface area (Å²) < 4.78 is 0. The average molecular weight is 295 g/mol. The van der Waals surface area contributed by atoms with Crippen LogP contribution in [-0.2, 0) is 0 Å². The highest BCUT2D eigenvalue weighted by molar-refractivity contribution is 6.28. The summed E-state index contributed by atoms with van der Waals surface area (Å²) in [6.45, 7) is 3.31. The molecule has 0 spiro atoms. The van der Waals surface area contributed by atoms with Crippen LogP contribution in [0.3, 0.4) is 0 Å². The Labute approximate surface area is 122 Å². The monoisotopic (exact) mass is 294 g/mol. The first-order chi connectivity index (χ1) is 9.72. The fraction of sp³-hybridized carbons (Fsp3) is 0.615. The van der Waals surface area contributed by atoms with E-state index in [-0.39, 0.29) is 5.28 Å². The molecule has 2 aromatic rings. The third kappa shape index (κ3) is 3.02. The van der Waals surface area contributed by atoms with Gasteiger partial charge in [-0.15, -0.1) is 0 Å². The first kappa shape index (κ1) is 13.6. The van der Waals surface area contributed by atoms with E-state index in [4.69, 9.17) is 11.6 Å². The maximum Gasteiger partial charge on any atom is 0.226 e. The molecule has 1 saturated heterocycles. The van der Waals surface area contributed by atoms with E-state index in [0.717, 1.165) is 30.1 Å². The topological polar surface area (TPSA) is 69.7 Å². The lowest BCUT2D eigenvalue weighted by atomic mass is 9.94. The molecule has 3 rings (SSSR count). The molecule has 2 aromatic heterocycles. The van der Waals surface area contributed by atoms with Gasteiger partial charge >= 0.3 is 0 Å². The number of fused-ring (bicyclic) bond motifs is 1. The normalized spacial score (nSPS) is 17.7. The minimum Gasteiger partial charge on any atom is -0.369 e. The van der Waals surface area contributed by atoms with E-state index < -0.39 is 0 Å². The van der Waals surface area contributed by atoms with Crippen LogP contribution in [0.15, 0.2) is 6.20 Å². The number of piperidine rings is 1. The smallest absolute Gasteiger partial charge is 0.226 e. The number of likely N-dealkylation sites (tertiary alicyclic amines) is 1. The van der Waals surface area contributed by atoms with Crippen LogP contribution in [0.5, 0.6) is 0 Å². The van der Waals surface area contributed by atoms with Crippen LogP contribution in [0.2, 0.25) is 5.28 Å². The Kier molecular flexibility index (Phi) is 4.03. The third-order valence-electron chi connectivity index (χ3n) is 3.97. The van der Waals surface area contributed by atoms with Crippen LogP contribution in [-0.4, -0.2) is 51.7 Å². The highest BCUT2D eigenvalue weighted by Gasteiger charge is 2.16. The Bertz CT molecular complexity index is 575. The number of anilines is 1. The zero-order valence-corrected chi connectivity index (χ0v) is 12.3. The van der Waals surface area contributed by atoms with Crippen molar-refractivity contribution in [3.05, 3.63) is 11.5 Å². The van der Waals surface area contributed by atoms with Gasteiger partial charge in [-0.2, -0.15) is 15.1 Å². The van der Waals surface area contributed by atoms with Gasteiger partial charge in [0.05, 0.1) is 11.6 Å². The average Bonchev–Trinajstić information content (AvgIpc) is 2.89. The number of halogens is 1. The molecule has 0 aliphatic carbocycles. The lowest BCUT2D eigenvalue weighted by molar-refractivity contribution is 0.215. The second kappa shape index (κ2) is 5.93. The molecule has 0 amide bonds. The SMILES string of the molecule is CN1CCC(CCNc2nc(Cl)nc3[nH]ncc23)CC1. The summed E-state index contributed by atoms with van der Waals surface area (Å²) in [4.78, 5) is 10.7. The van der Waals surface area contributed by atoms with Gasteiger partial charge in [0.25, 0.3) is 0 Å². The maximum atomic E-state index is 5.91. The number of nitrogens with zero attached hydrogens (tertiary/aromatic N) is 4. The molecular formula is C13H19ClN6. The third-order valence-corrected chi connectivity index (χ3v) is 4.13. The highest BCUT2D eigenvalue weighted by atomic mass is 35.5. The number of rotatable bonds is 4. The molecule has 1 fully saturated rings. The number of H-pyrrole nitrogens is 1. The molecule has 3 heterocycles. The number of hydrogen-bond donors (Lipinski definition) is 2. The quantitative estimate of drug-likeness (QED) is 0.846. The van der Waals surface area contributed by atoms with Crippen molar-refractivity contribution < 1.29 is 0 Å². The van der Waals surface area contributed by atoms with Crippen molar-refractivity contribution in [2.45, 2.75) is 19.3 Å². The van der Waals surface area contributed by atoms with Gasteiger partial charge in [-0.25, -0.2) is 0 Å². The summed E-state index contributed by atoms with van der Waals surface area (Å²) in [5.41, 5.74) is 0.673. The van der Waals surface area contributed by atoms with Crippen molar-refractivity contribution in [1.29, 1.82) is 0 Å². The molecule has 2 N–H and O–H groups in total. The molecule has 0 atom stereocenters. The first-order valence-electron chi connectivity index (χ1n) is 7.01. The molecule has 6 nitrogen and oxygen atoms in total. The molecule has 1 aliphatic rings. The Hall–Kier alpha value is -1.40. The molecule has 20 heavy (non-hydrogen) atoms. The van der Waals surface area contributed by atoms with Gasteiger partial charge in [-0.1, -0.05) is 0 Å². The summed E-state index contributed by atoms with van der Waals surface area (Å²) in [5.74, 6) is 1.57. The van der Waals surface area contributed by atoms with Crippen molar-refractivity contribution in [2.24, 2.45) is 5.92 Å². The Morgan fingerprint density at radius 2 is 2.20 bits per heavy atom. The number of aromatic amines is 1. The highest BCUT2D eigenvalue weighted by Crippen LogP contribution is 2.22. The van der Waals surface area contributed by atoms with Crippen LogP contribution >= 0.6 is 11.6 Å². The lowest BCUT2D eigenvalue weighted by Crippen LogP contribution is -2.30. The number of nitrogens with one attached hydrogen (secondary N) is 2. The van der Waals surface area contributed by atoms with Crippen molar-refractivity contribution >= 4 is 28.5 Å². The molecule has 0 radical (unpaired) electrons. The standard InChI is InChI=1S/C13H19ClN6/c1-20-6-3-9(4-7-20)2-5-15-11-10-8-16-19-12(10)18-13(14)17-11/h8-9H,2-7H2,1H3,(H2,15,16,17,18,19). The van der Waals surface area contributed by atoms with Gasteiger partial charge in [0.2, 0.25) is 5.28 Å². The van der Waals surface area contributed by atoms with Crippen LogP contribution in [0, 0.1) is 5.92 Å². The van der Waals surface area contributed by atoms with Crippen molar-refractivity contribution in [3.63, 3.8) is 0 Å². The van der Waals surface area contributed by atoms with Crippen molar-refractivity contribution in [2.75, 3.05) is 32.0 Å². The number of hydrogen-bond acceptors (Lipinski definition) is 5. The van der Waals surface area contributed by atoms with Crippen LogP contribution in [0.1, 0.15) is 19.3 Å². The fourth-order valence-electron chi connectivity index (χ4n) is 2.69. The van der Waals surface area contributed by atoms with E-state index in [1.54, 1.807) is 6.20 Å². The molecule has 0 unspecified atom stereocenters. The van der Waals surface area contributed by atoms with E-state index >= 15 is 0 Å². The first-order valence-corrected chi connectivity index (χ1v) is 7.39. The second-order valence-corrected chi connectivity index (χ2v) is 5.77. The predicted octanol–water partition coefficient (Wildman–Crippen LogP) is 2.15. The van der Waals surface area contributed by atoms with E-state index in [1.165, 1.54) is 25.9 Å². The Morgan fingerprint density at radius 3 is 3.00 bits per heavy atom. The van der Waals surface area contributed by atoms with Crippen LogP contribution in [0.25, 0.3) is 11.0 Å². The van der Waals surface area contributed by atoms with Crippen molar-refractivity contribution in [1.82, 2.24) is 25.1 Å². The molecule has 0 bridgehead atoms. The minimum atomic E-state index is 0.239. The molecule has 0 saturated carbocycles. The van der Waals surface area contributed by atoms with Crippen LogP contribution < -0.4 is 5.32 Å². The fourth-order valence-corrected chi connectivity index (χ4v) is 2.86. The van der Waals surface area contributed by atoms with Gasteiger partial charge < -0.3 is 10.2 Å². The maximum absolute atomic E-state index is 5.91. The van der Waals surface area contributed by atoms with Gasteiger partial charge in [-0.3, -0.25) is 5.10 Å². The van der Waals surface area contributed by atoms with Gasteiger partial charge in [0, 0.05) is 6.54 Å². The summed E-state index contributed by atoms with van der Waals surface area (Å²) in [6, 6.07) is 0. The molecule has 7 heteroatoms. The summed E-state index contributed by atoms with van der Waals surface area (Å²) >= 11 is 5.91. The number of aromatic nitrogens is 4.